The van der Waals surface area contributed by atoms with Crippen LogP contribution in [0.5, 0.6) is 5.75 Å². The largest absolute Gasteiger partial charge is 0.494 e. The van der Waals surface area contributed by atoms with Gasteiger partial charge in [-0.2, -0.15) is 0 Å². The van der Waals surface area contributed by atoms with Crippen molar-refractivity contribution in [3.05, 3.63) is 65.0 Å². The Balaban J connectivity index is 1.77. The first kappa shape index (κ1) is 22.5. The van der Waals surface area contributed by atoms with Crippen molar-refractivity contribution in [3.8, 4) is 5.75 Å². The second kappa shape index (κ2) is 10.7. The van der Waals surface area contributed by atoms with Crippen LogP contribution in [0.3, 0.4) is 0 Å². The second-order valence-electron chi connectivity index (χ2n) is 6.91. The third-order valence-corrected chi connectivity index (χ3v) is 4.36. The molecule has 3 N–H and O–H groups in total. The molecule has 1 amide bonds. The highest BCUT2D eigenvalue weighted by Crippen LogP contribution is 2.33. The van der Waals surface area contributed by atoms with Crippen LogP contribution >= 0.6 is 0 Å². The van der Waals surface area contributed by atoms with E-state index < -0.39 is 4.92 Å². The van der Waals surface area contributed by atoms with E-state index in [0.717, 1.165) is 18.6 Å². The summed E-state index contributed by atoms with van der Waals surface area (Å²) in [5, 5.41) is 20.3. The molecule has 0 bridgehead atoms. The molecule has 3 aromatic rings. The summed E-state index contributed by atoms with van der Waals surface area (Å²) in [6, 6.07) is 13.8. The molecule has 166 valence electrons. The number of hydrogen-bond donors (Lipinski definition) is 3. The number of nitrogens with zero attached hydrogens (tertiary/aromatic N) is 3. The minimum absolute atomic E-state index is 0.0410. The molecule has 32 heavy (non-hydrogen) atoms. The number of aromatic nitrogens is 2. The third-order valence-electron chi connectivity index (χ3n) is 4.36. The normalized spacial score (nSPS) is 10.3. The number of anilines is 5. The van der Waals surface area contributed by atoms with Crippen molar-refractivity contribution in [2.24, 2.45) is 0 Å². The first-order valence-electron chi connectivity index (χ1n) is 10.1. The van der Waals surface area contributed by atoms with Gasteiger partial charge in [-0.1, -0.05) is 13.3 Å². The van der Waals surface area contributed by atoms with E-state index in [2.05, 4.69) is 32.8 Å². The van der Waals surface area contributed by atoms with Gasteiger partial charge in [-0.05, 0) is 55.0 Å². The third kappa shape index (κ3) is 6.14. The van der Waals surface area contributed by atoms with Crippen molar-refractivity contribution in [3.63, 3.8) is 0 Å². The van der Waals surface area contributed by atoms with Gasteiger partial charge in [-0.15, -0.1) is 0 Å². The van der Waals surface area contributed by atoms with Gasteiger partial charge in [0.15, 0.2) is 0 Å². The fourth-order valence-electron chi connectivity index (χ4n) is 2.82. The lowest BCUT2D eigenvalue weighted by Gasteiger charge is -2.11. The molecule has 0 aliphatic heterocycles. The van der Waals surface area contributed by atoms with Gasteiger partial charge < -0.3 is 20.7 Å². The number of unbranched alkanes of at least 4 members (excludes halogenated alkanes) is 1. The predicted octanol–water partition coefficient (Wildman–Crippen LogP) is 5.01. The quantitative estimate of drug-likeness (QED) is 0.230. The summed E-state index contributed by atoms with van der Waals surface area (Å²) in [6.45, 7) is 4.15. The Kier molecular flexibility index (Phi) is 7.52. The minimum Gasteiger partial charge on any atom is -0.494 e. The highest BCUT2D eigenvalue weighted by atomic mass is 16.6. The number of carbonyl (C=O) groups excluding carboxylic acids is 1. The maximum absolute atomic E-state index is 11.8. The maximum atomic E-state index is 11.8. The van der Waals surface area contributed by atoms with E-state index in [0.29, 0.717) is 23.7 Å². The van der Waals surface area contributed by atoms with Crippen molar-refractivity contribution >= 4 is 40.3 Å². The second-order valence-corrected chi connectivity index (χ2v) is 6.91. The van der Waals surface area contributed by atoms with Crippen LogP contribution < -0.4 is 20.7 Å². The minimum atomic E-state index is -0.543. The van der Waals surface area contributed by atoms with Gasteiger partial charge in [0.25, 0.3) is 0 Å². The molecule has 0 unspecified atom stereocenters. The van der Waals surface area contributed by atoms with Crippen LogP contribution in [-0.4, -0.2) is 27.4 Å². The average molecular weight is 436 g/mol. The van der Waals surface area contributed by atoms with E-state index in [9.17, 15) is 14.9 Å². The van der Waals surface area contributed by atoms with E-state index in [1.165, 1.54) is 13.3 Å². The van der Waals surface area contributed by atoms with Crippen LogP contribution in [-0.2, 0) is 4.79 Å². The predicted molar refractivity (Wildman–Crippen MR) is 123 cm³/mol. The first-order chi connectivity index (χ1) is 15.5. The number of benzene rings is 2. The van der Waals surface area contributed by atoms with Gasteiger partial charge >= 0.3 is 5.69 Å². The number of amides is 1. The summed E-state index contributed by atoms with van der Waals surface area (Å²) in [7, 11) is 0. The molecule has 0 aliphatic rings. The molecule has 10 heteroatoms. The molecule has 0 radical (unpaired) electrons. The number of nitro groups is 1. The van der Waals surface area contributed by atoms with Crippen LogP contribution in [0.4, 0.5) is 34.4 Å². The number of carbonyl (C=O) groups is 1. The molecule has 0 fully saturated rings. The number of hydrogen-bond acceptors (Lipinski definition) is 8. The Morgan fingerprint density at radius 1 is 0.969 bits per heavy atom. The first-order valence-corrected chi connectivity index (χ1v) is 10.1. The molecule has 10 nitrogen and oxygen atoms in total. The van der Waals surface area contributed by atoms with Gasteiger partial charge in [0, 0.05) is 24.0 Å². The van der Waals surface area contributed by atoms with E-state index in [-0.39, 0.29) is 23.2 Å². The number of ether oxygens (including phenoxy) is 1. The molecule has 2 aromatic carbocycles. The topological polar surface area (TPSA) is 131 Å². The summed E-state index contributed by atoms with van der Waals surface area (Å²) in [5.74, 6) is 0.640. The van der Waals surface area contributed by atoms with Crippen LogP contribution in [0.25, 0.3) is 0 Å². The Morgan fingerprint density at radius 2 is 1.50 bits per heavy atom. The molecule has 0 atom stereocenters. The number of rotatable bonds is 10. The highest BCUT2D eigenvalue weighted by molar-refractivity contribution is 5.89. The van der Waals surface area contributed by atoms with E-state index >= 15 is 0 Å². The summed E-state index contributed by atoms with van der Waals surface area (Å²) < 4.78 is 5.63. The molecule has 1 heterocycles. The molecule has 3 rings (SSSR count). The zero-order valence-electron chi connectivity index (χ0n) is 17.8. The van der Waals surface area contributed by atoms with E-state index in [1.807, 2.05) is 0 Å². The lowest BCUT2D eigenvalue weighted by atomic mass is 10.2. The van der Waals surface area contributed by atoms with Gasteiger partial charge in [-0.3, -0.25) is 14.9 Å². The van der Waals surface area contributed by atoms with Crippen molar-refractivity contribution in [1.29, 1.82) is 0 Å². The lowest BCUT2D eigenvalue weighted by molar-refractivity contribution is -0.383. The fraction of sp³-hybridized carbons (Fsp3) is 0.227. The summed E-state index contributed by atoms with van der Waals surface area (Å²) in [5.41, 5.74) is 1.52. The standard InChI is InChI=1S/C22H24N6O4/c1-3-4-13-32-19-11-9-18(10-12-19)27-22-20(28(30)31)21(23-14-24-22)26-17-7-5-16(6-8-17)25-15(2)29/h5-12,14H,3-4,13H2,1-2H3,(H,25,29)(H2,23,24,26,27). The molecule has 0 spiro atoms. The Hall–Kier alpha value is -4.21. The molecule has 1 aromatic heterocycles. The molecular weight excluding hydrogens is 412 g/mol. The van der Waals surface area contributed by atoms with Gasteiger partial charge in [0.1, 0.15) is 12.1 Å². The van der Waals surface area contributed by atoms with E-state index in [1.54, 1.807) is 48.5 Å². The van der Waals surface area contributed by atoms with E-state index in [4.69, 9.17) is 4.74 Å². The lowest BCUT2D eigenvalue weighted by Crippen LogP contribution is -2.06. The maximum Gasteiger partial charge on any atom is 0.353 e. The van der Waals surface area contributed by atoms with Crippen molar-refractivity contribution in [2.75, 3.05) is 22.6 Å². The molecular formula is C22H24N6O4. The Morgan fingerprint density at radius 3 is 2.00 bits per heavy atom. The molecule has 0 saturated carbocycles. The van der Waals surface area contributed by atoms with Crippen LogP contribution in [0.2, 0.25) is 0 Å². The zero-order chi connectivity index (χ0) is 22.9. The van der Waals surface area contributed by atoms with Crippen molar-refractivity contribution in [2.45, 2.75) is 26.7 Å². The van der Waals surface area contributed by atoms with Crippen molar-refractivity contribution in [1.82, 2.24) is 9.97 Å². The smallest absolute Gasteiger partial charge is 0.353 e. The van der Waals surface area contributed by atoms with Crippen LogP contribution in [0.15, 0.2) is 54.9 Å². The monoisotopic (exact) mass is 436 g/mol. The summed E-state index contributed by atoms with van der Waals surface area (Å²) in [6.07, 6.45) is 3.26. The van der Waals surface area contributed by atoms with Crippen LogP contribution in [0, 0.1) is 10.1 Å². The van der Waals surface area contributed by atoms with Gasteiger partial charge in [0.05, 0.1) is 11.5 Å². The summed E-state index contributed by atoms with van der Waals surface area (Å²) >= 11 is 0. The Bertz CT molecular complexity index is 1070. The average Bonchev–Trinajstić information content (AvgIpc) is 2.76. The van der Waals surface area contributed by atoms with Crippen LogP contribution in [0.1, 0.15) is 26.7 Å². The Labute approximate surface area is 185 Å². The number of nitrogens with one attached hydrogen (secondary N) is 3. The van der Waals surface area contributed by atoms with Gasteiger partial charge in [-0.25, -0.2) is 9.97 Å². The SMILES string of the molecule is CCCCOc1ccc(Nc2ncnc(Nc3ccc(NC(C)=O)cc3)c2[N+](=O)[O-])cc1. The fourth-order valence-corrected chi connectivity index (χ4v) is 2.82. The van der Waals surface area contributed by atoms with Gasteiger partial charge in [0.2, 0.25) is 17.5 Å². The highest BCUT2D eigenvalue weighted by Gasteiger charge is 2.23. The summed E-state index contributed by atoms with van der Waals surface area (Å²) in [4.78, 5) is 30.5. The molecule has 0 saturated heterocycles. The molecule has 0 aliphatic carbocycles. The van der Waals surface area contributed by atoms with Crippen molar-refractivity contribution < 1.29 is 14.5 Å². The zero-order valence-corrected chi connectivity index (χ0v) is 17.8.